The topological polar surface area (TPSA) is 69.9 Å². The number of rotatable bonds is 3. The zero-order valence-electron chi connectivity index (χ0n) is 14.7. The van der Waals surface area contributed by atoms with Gasteiger partial charge in [-0.3, -0.25) is 9.69 Å². The van der Waals surface area contributed by atoms with Crippen LogP contribution < -0.4 is 5.32 Å². The number of carbonyl (C=O) groups is 1. The van der Waals surface area contributed by atoms with Crippen molar-refractivity contribution in [2.45, 2.75) is 57.2 Å². The summed E-state index contributed by atoms with van der Waals surface area (Å²) in [5.41, 5.74) is 2.21. The Bertz CT molecular complexity index is 766. The minimum Gasteiger partial charge on any atom is -0.389 e. The number of aryl methyl sites for hydroxylation is 1. The number of hydrogen-bond donors (Lipinski definition) is 2. The van der Waals surface area contributed by atoms with Crippen LogP contribution in [-0.4, -0.2) is 56.6 Å². The zero-order chi connectivity index (χ0) is 17.4. The van der Waals surface area contributed by atoms with Crippen LogP contribution in [0.2, 0.25) is 0 Å². The van der Waals surface area contributed by atoms with Gasteiger partial charge in [-0.25, -0.2) is 4.98 Å². The smallest absolute Gasteiger partial charge is 0.271 e. The molecule has 2 aromatic heterocycles. The van der Waals surface area contributed by atoms with Crippen molar-refractivity contribution in [3.8, 4) is 0 Å². The Morgan fingerprint density at radius 2 is 2.04 bits per heavy atom. The van der Waals surface area contributed by atoms with Crippen LogP contribution in [0, 0.1) is 6.92 Å². The fourth-order valence-electron chi connectivity index (χ4n) is 4.29. The molecule has 0 bridgehead atoms. The molecule has 134 valence electrons. The van der Waals surface area contributed by atoms with Crippen molar-refractivity contribution in [3.05, 3.63) is 35.8 Å². The molecule has 3 heterocycles. The van der Waals surface area contributed by atoms with Crippen molar-refractivity contribution in [2.75, 3.05) is 13.1 Å². The van der Waals surface area contributed by atoms with E-state index in [0.29, 0.717) is 5.69 Å². The molecular weight excluding hydrogens is 316 g/mol. The summed E-state index contributed by atoms with van der Waals surface area (Å²) >= 11 is 0. The van der Waals surface area contributed by atoms with E-state index in [0.717, 1.165) is 43.7 Å². The molecule has 0 unspecified atom stereocenters. The molecule has 4 rings (SSSR count). The van der Waals surface area contributed by atoms with E-state index in [9.17, 15) is 9.90 Å². The number of aliphatic hydroxyl groups is 1. The van der Waals surface area contributed by atoms with Gasteiger partial charge in [0.1, 0.15) is 11.3 Å². The van der Waals surface area contributed by atoms with E-state index in [1.807, 2.05) is 29.5 Å². The van der Waals surface area contributed by atoms with Crippen molar-refractivity contribution in [2.24, 2.45) is 0 Å². The lowest BCUT2D eigenvalue weighted by molar-refractivity contribution is 0.00698. The first-order valence-electron chi connectivity index (χ1n) is 9.31. The third-order valence-corrected chi connectivity index (χ3v) is 5.68. The number of amides is 1. The summed E-state index contributed by atoms with van der Waals surface area (Å²) in [5, 5.41) is 13.8. The zero-order valence-corrected chi connectivity index (χ0v) is 14.7. The molecule has 2 aromatic rings. The molecule has 1 saturated carbocycles. The molecule has 0 radical (unpaired) electrons. The Hall–Kier alpha value is -1.92. The molecule has 0 spiro atoms. The Morgan fingerprint density at radius 3 is 2.80 bits per heavy atom. The number of aromatic nitrogens is 2. The van der Waals surface area contributed by atoms with Gasteiger partial charge in [-0.15, -0.1) is 0 Å². The lowest BCUT2D eigenvalue weighted by atomic mass is 9.87. The van der Waals surface area contributed by atoms with Crippen LogP contribution in [-0.2, 0) is 0 Å². The number of carbonyl (C=O) groups excluding carboxylic acids is 1. The molecule has 3 atom stereocenters. The second kappa shape index (κ2) is 6.77. The van der Waals surface area contributed by atoms with E-state index in [2.05, 4.69) is 15.2 Å². The van der Waals surface area contributed by atoms with Crippen LogP contribution in [0.5, 0.6) is 0 Å². The first-order valence-corrected chi connectivity index (χ1v) is 9.31. The predicted molar refractivity (Wildman–Crippen MR) is 95.6 cm³/mol. The molecule has 1 saturated heterocycles. The van der Waals surface area contributed by atoms with Gasteiger partial charge in [-0.2, -0.15) is 0 Å². The highest BCUT2D eigenvalue weighted by molar-refractivity contribution is 5.93. The molecule has 6 nitrogen and oxygen atoms in total. The van der Waals surface area contributed by atoms with E-state index >= 15 is 0 Å². The molecule has 2 aliphatic rings. The average Bonchev–Trinajstić information content (AvgIpc) is 3.26. The summed E-state index contributed by atoms with van der Waals surface area (Å²) in [6.45, 7) is 4.12. The second-order valence-corrected chi connectivity index (χ2v) is 7.33. The van der Waals surface area contributed by atoms with E-state index < -0.39 is 6.10 Å². The molecule has 0 aromatic carbocycles. The number of pyridine rings is 1. The Kier molecular flexibility index (Phi) is 4.48. The summed E-state index contributed by atoms with van der Waals surface area (Å²) in [5.74, 6) is -0.200. The maximum Gasteiger partial charge on any atom is 0.271 e. The molecule has 1 aliphatic carbocycles. The van der Waals surface area contributed by atoms with Gasteiger partial charge in [0.05, 0.1) is 12.1 Å². The standard InChI is InChI=1S/C19H26N4O2/c1-13-6-4-9-17-20-15(12-23(13)17)19(25)21-14-7-5-8-16(18(14)24)22-10-2-3-11-22/h4,6,9,12,14,16,18,24H,2-3,5,7-8,10-11H2,1H3,(H,21,25)/t14-,16-,18-/m1/s1. The highest BCUT2D eigenvalue weighted by atomic mass is 16.3. The van der Waals surface area contributed by atoms with Gasteiger partial charge < -0.3 is 14.8 Å². The largest absolute Gasteiger partial charge is 0.389 e. The summed E-state index contributed by atoms with van der Waals surface area (Å²) in [4.78, 5) is 19.5. The van der Waals surface area contributed by atoms with Gasteiger partial charge in [0, 0.05) is 17.9 Å². The SMILES string of the molecule is Cc1cccc2nc(C(=O)N[C@@H]3CCC[C@@H](N4CCCC4)[C@@H]3O)cn12. The summed E-state index contributed by atoms with van der Waals surface area (Å²) in [7, 11) is 0. The molecule has 2 N–H and O–H groups in total. The summed E-state index contributed by atoms with van der Waals surface area (Å²) in [6, 6.07) is 5.79. The normalized spacial score (nSPS) is 27.7. The van der Waals surface area contributed by atoms with Gasteiger partial charge >= 0.3 is 0 Å². The molecule has 1 aliphatic heterocycles. The van der Waals surface area contributed by atoms with E-state index in [-0.39, 0.29) is 18.0 Å². The lowest BCUT2D eigenvalue weighted by Gasteiger charge is -2.39. The van der Waals surface area contributed by atoms with Crippen LogP contribution in [0.25, 0.3) is 5.65 Å². The average molecular weight is 342 g/mol. The van der Waals surface area contributed by atoms with Gasteiger partial charge in [0.15, 0.2) is 0 Å². The number of nitrogens with one attached hydrogen (secondary N) is 1. The van der Waals surface area contributed by atoms with Gasteiger partial charge in [-0.05, 0) is 64.3 Å². The minimum absolute atomic E-state index is 0.171. The number of imidazole rings is 1. The minimum atomic E-state index is -0.505. The van der Waals surface area contributed by atoms with Crippen LogP contribution >= 0.6 is 0 Å². The van der Waals surface area contributed by atoms with E-state index in [1.54, 1.807) is 6.20 Å². The molecule has 6 heteroatoms. The van der Waals surface area contributed by atoms with Gasteiger partial charge in [0.2, 0.25) is 0 Å². The number of likely N-dealkylation sites (tertiary alicyclic amines) is 1. The first kappa shape index (κ1) is 16.5. The fourth-order valence-corrected chi connectivity index (χ4v) is 4.29. The molecule has 25 heavy (non-hydrogen) atoms. The van der Waals surface area contributed by atoms with Crippen molar-refractivity contribution >= 4 is 11.6 Å². The van der Waals surface area contributed by atoms with Crippen molar-refractivity contribution in [1.82, 2.24) is 19.6 Å². The summed E-state index contributed by atoms with van der Waals surface area (Å²) in [6.07, 6.45) is 6.56. The Labute approximate surface area is 147 Å². The molecular formula is C19H26N4O2. The lowest BCUT2D eigenvalue weighted by Crippen LogP contribution is -2.56. The highest BCUT2D eigenvalue weighted by Crippen LogP contribution is 2.26. The number of nitrogens with zero attached hydrogens (tertiary/aromatic N) is 3. The van der Waals surface area contributed by atoms with Gasteiger partial charge in [-0.1, -0.05) is 6.07 Å². The number of aliphatic hydroxyl groups excluding tert-OH is 1. The molecule has 2 fully saturated rings. The van der Waals surface area contributed by atoms with Gasteiger partial charge in [0.25, 0.3) is 5.91 Å². The number of fused-ring (bicyclic) bond motifs is 1. The monoisotopic (exact) mass is 342 g/mol. The van der Waals surface area contributed by atoms with Crippen LogP contribution in [0.4, 0.5) is 0 Å². The van der Waals surface area contributed by atoms with Crippen molar-refractivity contribution in [3.63, 3.8) is 0 Å². The van der Waals surface area contributed by atoms with Crippen LogP contribution in [0.3, 0.4) is 0 Å². The third kappa shape index (κ3) is 3.16. The third-order valence-electron chi connectivity index (χ3n) is 5.68. The fraction of sp³-hybridized carbons (Fsp3) is 0.579. The van der Waals surface area contributed by atoms with E-state index in [4.69, 9.17) is 0 Å². The number of hydrogen-bond acceptors (Lipinski definition) is 4. The maximum absolute atomic E-state index is 12.7. The van der Waals surface area contributed by atoms with Crippen LogP contribution in [0.15, 0.2) is 24.4 Å². The maximum atomic E-state index is 12.7. The highest BCUT2D eigenvalue weighted by Gasteiger charge is 2.37. The Morgan fingerprint density at radius 1 is 1.24 bits per heavy atom. The predicted octanol–water partition coefficient (Wildman–Crippen LogP) is 1.75. The quantitative estimate of drug-likeness (QED) is 0.892. The molecule has 1 amide bonds. The van der Waals surface area contributed by atoms with E-state index in [1.165, 1.54) is 12.8 Å². The summed E-state index contributed by atoms with van der Waals surface area (Å²) < 4.78 is 1.92. The van der Waals surface area contributed by atoms with Crippen LogP contribution in [0.1, 0.15) is 48.3 Å². The van der Waals surface area contributed by atoms with Crippen molar-refractivity contribution < 1.29 is 9.90 Å². The van der Waals surface area contributed by atoms with Crippen molar-refractivity contribution in [1.29, 1.82) is 0 Å². The second-order valence-electron chi connectivity index (χ2n) is 7.33. The first-order chi connectivity index (χ1) is 12.1. The Balaban J connectivity index is 1.48.